The molecule has 1 aromatic carbocycles. The van der Waals surface area contributed by atoms with Crippen LogP contribution >= 0.6 is 11.3 Å². The molecule has 0 aliphatic heterocycles. The second-order valence-corrected chi connectivity index (χ2v) is 5.40. The molecular formula is C15H15FN2OS. The summed E-state index contributed by atoms with van der Waals surface area (Å²) in [6, 6.07) is 9.80. The van der Waals surface area contributed by atoms with E-state index in [-0.39, 0.29) is 11.7 Å². The Morgan fingerprint density at radius 1 is 1.25 bits per heavy atom. The van der Waals surface area contributed by atoms with Crippen LogP contribution in [0.25, 0.3) is 10.4 Å². The van der Waals surface area contributed by atoms with E-state index in [1.54, 1.807) is 18.2 Å². The zero-order valence-electron chi connectivity index (χ0n) is 11.3. The van der Waals surface area contributed by atoms with Gasteiger partial charge in [-0.2, -0.15) is 5.10 Å². The molecule has 1 amide bonds. The molecule has 2 rings (SSSR count). The van der Waals surface area contributed by atoms with Gasteiger partial charge in [-0.3, -0.25) is 4.79 Å². The molecule has 20 heavy (non-hydrogen) atoms. The second kappa shape index (κ2) is 6.43. The number of halogens is 1. The number of nitrogens with zero attached hydrogens (tertiary/aromatic N) is 1. The van der Waals surface area contributed by atoms with Gasteiger partial charge < -0.3 is 0 Å². The minimum absolute atomic E-state index is 0.226. The van der Waals surface area contributed by atoms with Gasteiger partial charge in [0.15, 0.2) is 0 Å². The molecule has 0 radical (unpaired) electrons. The van der Waals surface area contributed by atoms with Crippen LogP contribution in [-0.2, 0) is 0 Å². The number of amides is 1. The summed E-state index contributed by atoms with van der Waals surface area (Å²) in [6.45, 7) is 3.83. The van der Waals surface area contributed by atoms with Gasteiger partial charge in [0.1, 0.15) is 5.82 Å². The maximum atomic E-state index is 12.9. The van der Waals surface area contributed by atoms with Crippen LogP contribution in [0, 0.1) is 5.82 Å². The highest BCUT2D eigenvalue weighted by atomic mass is 32.1. The lowest BCUT2D eigenvalue weighted by Gasteiger charge is -1.98. The molecule has 3 nitrogen and oxygen atoms in total. The molecule has 5 heteroatoms. The number of carbonyl (C=O) groups excluding carboxylic acids is 1. The summed E-state index contributed by atoms with van der Waals surface area (Å²) in [7, 11) is 0. The van der Waals surface area contributed by atoms with Crippen LogP contribution < -0.4 is 5.43 Å². The zero-order valence-corrected chi connectivity index (χ0v) is 12.1. The molecule has 1 heterocycles. The van der Waals surface area contributed by atoms with Crippen molar-refractivity contribution in [2.45, 2.75) is 20.3 Å². The monoisotopic (exact) mass is 290 g/mol. The quantitative estimate of drug-likeness (QED) is 0.669. The van der Waals surface area contributed by atoms with Gasteiger partial charge in [0.05, 0.1) is 4.88 Å². The summed E-state index contributed by atoms with van der Waals surface area (Å²) in [5.41, 5.74) is 4.28. The third-order valence-corrected chi connectivity index (χ3v) is 3.95. The van der Waals surface area contributed by atoms with Gasteiger partial charge in [-0.05, 0) is 43.2 Å². The lowest BCUT2D eigenvalue weighted by molar-refractivity contribution is 0.0959. The molecule has 0 saturated heterocycles. The molecule has 0 unspecified atom stereocenters. The Bertz CT molecular complexity index is 632. The van der Waals surface area contributed by atoms with Gasteiger partial charge in [-0.25, -0.2) is 9.82 Å². The summed E-state index contributed by atoms with van der Waals surface area (Å²) in [4.78, 5) is 13.4. The van der Waals surface area contributed by atoms with E-state index < -0.39 is 0 Å². The number of hydrogen-bond donors (Lipinski definition) is 1. The Hall–Kier alpha value is -2.01. The topological polar surface area (TPSA) is 41.5 Å². The van der Waals surface area contributed by atoms with Gasteiger partial charge in [-0.15, -0.1) is 11.3 Å². The van der Waals surface area contributed by atoms with Gasteiger partial charge in [-0.1, -0.05) is 19.1 Å². The summed E-state index contributed by atoms with van der Waals surface area (Å²) < 4.78 is 12.9. The molecule has 0 saturated carbocycles. The van der Waals surface area contributed by atoms with Crippen molar-refractivity contribution in [2.24, 2.45) is 5.10 Å². The Morgan fingerprint density at radius 3 is 2.60 bits per heavy atom. The van der Waals surface area contributed by atoms with Crippen molar-refractivity contribution in [1.82, 2.24) is 5.43 Å². The molecule has 0 bridgehead atoms. The second-order valence-electron chi connectivity index (χ2n) is 4.31. The minimum atomic E-state index is -0.271. The first-order valence-corrected chi connectivity index (χ1v) is 7.11. The Kier molecular flexibility index (Phi) is 4.63. The minimum Gasteiger partial charge on any atom is -0.266 e. The van der Waals surface area contributed by atoms with E-state index in [0.717, 1.165) is 22.6 Å². The molecule has 1 aromatic heterocycles. The van der Waals surface area contributed by atoms with Crippen LogP contribution in [0.15, 0.2) is 41.5 Å². The van der Waals surface area contributed by atoms with Crippen LogP contribution in [0.3, 0.4) is 0 Å². The van der Waals surface area contributed by atoms with E-state index in [9.17, 15) is 9.18 Å². The number of rotatable bonds is 4. The standard InChI is InChI=1S/C15H15FN2OS/c1-3-10(2)17-18-15(19)14-9-8-13(20-14)11-4-6-12(16)7-5-11/h4-9H,3H2,1-2H3,(H,18,19)/b17-10-. The lowest BCUT2D eigenvalue weighted by Crippen LogP contribution is -2.17. The van der Waals surface area contributed by atoms with Gasteiger partial charge >= 0.3 is 0 Å². The summed E-state index contributed by atoms with van der Waals surface area (Å²) in [6.07, 6.45) is 0.797. The third-order valence-electron chi connectivity index (χ3n) is 2.82. The van der Waals surface area contributed by atoms with Crippen molar-refractivity contribution in [3.05, 3.63) is 47.1 Å². The summed E-state index contributed by atoms with van der Waals surface area (Å²) >= 11 is 1.36. The fourth-order valence-corrected chi connectivity index (χ4v) is 2.41. The maximum Gasteiger partial charge on any atom is 0.281 e. The molecule has 0 aliphatic carbocycles. The molecule has 0 spiro atoms. The normalized spacial score (nSPS) is 11.4. The SMILES string of the molecule is CC/C(C)=N\NC(=O)c1ccc(-c2ccc(F)cc2)s1. The van der Waals surface area contributed by atoms with Crippen molar-refractivity contribution >= 4 is 23.0 Å². The highest BCUT2D eigenvalue weighted by Crippen LogP contribution is 2.28. The predicted octanol–water partition coefficient (Wildman–Crippen LogP) is 4.07. The largest absolute Gasteiger partial charge is 0.281 e. The van der Waals surface area contributed by atoms with Gasteiger partial charge in [0, 0.05) is 10.6 Å². The third kappa shape index (κ3) is 3.51. The zero-order chi connectivity index (χ0) is 14.5. The van der Waals surface area contributed by atoms with Crippen molar-refractivity contribution < 1.29 is 9.18 Å². The number of carbonyl (C=O) groups is 1. The van der Waals surface area contributed by atoms with Crippen molar-refractivity contribution in [3.8, 4) is 10.4 Å². The van der Waals surface area contributed by atoms with Crippen molar-refractivity contribution in [3.63, 3.8) is 0 Å². The van der Waals surface area contributed by atoms with E-state index in [1.165, 1.54) is 23.5 Å². The predicted molar refractivity (Wildman–Crippen MR) is 80.6 cm³/mol. The first kappa shape index (κ1) is 14.4. The molecule has 0 aliphatic rings. The van der Waals surface area contributed by atoms with Crippen molar-refractivity contribution in [2.75, 3.05) is 0 Å². The average Bonchev–Trinajstić information content (AvgIpc) is 2.95. The maximum absolute atomic E-state index is 12.9. The number of hydrogen-bond acceptors (Lipinski definition) is 3. The van der Waals surface area contributed by atoms with Crippen molar-refractivity contribution in [1.29, 1.82) is 0 Å². The first-order chi connectivity index (χ1) is 9.60. The number of benzene rings is 1. The molecule has 2 aromatic rings. The Labute approximate surface area is 121 Å². The molecule has 0 fully saturated rings. The summed E-state index contributed by atoms with van der Waals surface area (Å²) in [5, 5.41) is 3.99. The van der Waals surface area contributed by atoms with E-state index in [1.807, 2.05) is 19.9 Å². The number of thiophene rings is 1. The van der Waals surface area contributed by atoms with Crippen LogP contribution in [0.4, 0.5) is 4.39 Å². The van der Waals surface area contributed by atoms with Crippen LogP contribution in [0.5, 0.6) is 0 Å². The molecular weight excluding hydrogens is 275 g/mol. The smallest absolute Gasteiger partial charge is 0.266 e. The lowest BCUT2D eigenvalue weighted by atomic mass is 10.2. The first-order valence-electron chi connectivity index (χ1n) is 6.29. The Morgan fingerprint density at radius 2 is 1.95 bits per heavy atom. The Balaban J connectivity index is 2.12. The fraction of sp³-hybridized carbons (Fsp3) is 0.200. The van der Waals surface area contributed by atoms with Crippen LogP contribution in [0.2, 0.25) is 0 Å². The fourth-order valence-electron chi connectivity index (χ4n) is 1.51. The molecule has 1 N–H and O–H groups in total. The van der Waals surface area contributed by atoms with Gasteiger partial charge in [0.2, 0.25) is 0 Å². The van der Waals surface area contributed by atoms with E-state index in [4.69, 9.17) is 0 Å². The number of hydrazone groups is 1. The molecule has 0 atom stereocenters. The average molecular weight is 290 g/mol. The molecule has 104 valence electrons. The number of nitrogens with one attached hydrogen (secondary N) is 1. The van der Waals surface area contributed by atoms with Crippen LogP contribution in [0.1, 0.15) is 29.9 Å². The highest BCUT2D eigenvalue weighted by Gasteiger charge is 2.09. The van der Waals surface area contributed by atoms with E-state index in [0.29, 0.717) is 4.88 Å². The van der Waals surface area contributed by atoms with E-state index in [2.05, 4.69) is 10.5 Å². The van der Waals surface area contributed by atoms with Crippen LogP contribution in [-0.4, -0.2) is 11.6 Å². The van der Waals surface area contributed by atoms with E-state index >= 15 is 0 Å². The van der Waals surface area contributed by atoms with Gasteiger partial charge in [0.25, 0.3) is 5.91 Å². The highest BCUT2D eigenvalue weighted by molar-refractivity contribution is 7.17. The summed E-state index contributed by atoms with van der Waals surface area (Å²) in [5.74, 6) is -0.496.